The molecule has 0 aromatic heterocycles. The monoisotopic (exact) mass is 263 g/mol. The van der Waals surface area contributed by atoms with Crippen molar-refractivity contribution in [3.8, 4) is 0 Å². The number of anilines is 1. The van der Waals surface area contributed by atoms with Gasteiger partial charge >= 0.3 is 0 Å². The molecule has 2 heteroatoms. The van der Waals surface area contributed by atoms with Gasteiger partial charge in [-0.3, -0.25) is 0 Å². The number of rotatable bonds is 10. The summed E-state index contributed by atoms with van der Waals surface area (Å²) in [6.45, 7) is 5.20. The fourth-order valence-corrected chi connectivity index (χ4v) is 2.33. The van der Waals surface area contributed by atoms with Gasteiger partial charge in [0.25, 0.3) is 0 Å². The van der Waals surface area contributed by atoms with Gasteiger partial charge in [0.1, 0.15) is 0 Å². The second-order valence-electron chi connectivity index (χ2n) is 5.34. The molecule has 1 aromatic carbocycles. The molecule has 0 aliphatic carbocycles. The van der Waals surface area contributed by atoms with E-state index in [1.165, 1.54) is 49.8 Å². The van der Waals surface area contributed by atoms with Crippen molar-refractivity contribution in [3.05, 3.63) is 29.8 Å². The number of benzene rings is 1. The Kier molecular flexibility index (Phi) is 8.31. The maximum absolute atomic E-state index is 5.24. The first-order valence-electron chi connectivity index (χ1n) is 7.61. The summed E-state index contributed by atoms with van der Waals surface area (Å²) in [5, 5.41) is 3.61. The van der Waals surface area contributed by atoms with Crippen LogP contribution in [0.1, 0.15) is 57.9 Å². The van der Waals surface area contributed by atoms with Crippen LogP contribution >= 0.6 is 0 Å². The molecule has 0 radical (unpaired) electrons. The summed E-state index contributed by atoms with van der Waals surface area (Å²) in [7, 11) is 1.74. The molecule has 0 amide bonds. The van der Waals surface area contributed by atoms with Crippen LogP contribution in [0.2, 0.25) is 0 Å². The maximum atomic E-state index is 5.24. The van der Waals surface area contributed by atoms with Crippen molar-refractivity contribution in [1.29, 1.82) is 0 Å². The lowest BCUT2D eigenvalue weighted by Crippen LogP contribution is -2.16. The summed E-state index contributed by atoms with van der Waals surface area (Å²) >= 11 is 0. The Morgan fingerprint density at radius 3 is 2.58 bits per heavy atom. The SMILES string of the molecule is CCCCCCCC(C)Nc1ccccc1COC. The van der Waals surface area contributed by atoms with Crippen LogP contribution < -0.4 is 5.32 Å². The summed E-state index contributed by atoms with van der Waals surface area (Å²) in [4.78, 5) is 0. The molecule has 2 nitrogen and oxygen atoms in total. The fourth-order valence-electron chi connectivity index (χ4n) is 2.33. The second kappa shape index (κ2) is 9.85. The van der Waals surface area contributed by atoms with E-state index in [0.29, 0.717) is 12.6 Å². The predicted octanol–water partition coefficient (Wildman–Crippen LogP) is 4.99. The first-order chi connectivity index (χ1) is 9.27. The average Bonchev–Trinajstić information content (AvgIpc) is 2.41. The average molecular weight is 263 g/mol. The zero-order chi connectivity index (χ0) is 13.9. The highest BCUT2D eigenvalue weighted by atomic mass is 16.5. The lowest BCUT2D eigenvalue weighted by Gasteiger charge is -2.18. The van der Waals surface area contributed by atoms with Gasteiger partial charge in [0.15, 0.2) is 0 Å². The Balaban J connectivity index is 2.33. The highest BCUT2D eigenvalue weighted by molar-refractivity contribution is 5.51. The molecule has 0 bridgehead atoms. The van der Waals surface area contributed by atoms with E-state index in [1.807, 2.05) is 0 Å². The molecule has 1 N–H and O–H groups in total. The van der Waals surface area contributed by atoms with Crippen LogP contribution in [0.3, 0.4) is 0 Å². The fraction of sp³-hybridized carbons (Fsp3) is 0.647. The van der Waals surface area contributed by atoms with Gasteiger partial charge in [0.05, 0.1) is 6.61 Å². The van der Waals surface area contributed by atoms with Crippen molar-refractivity contribution in [3.63, 3.8) is 0 Å². The van der Waals surface area contributed by atoms with Crippen LogP contribution in [0.5, 0.6) is 0 Å². The number of hydrogen-bond acceptors (Lipinski definition) is 2. The molecule has 1 rings (SSSR count). The molecule has 1 unspecified atom stereocenters. The Bertz CT molecular complexity index is 338. The van der Waals surface area contributed by atoms with Crippen LogP contribution in [0, 0.1) is 0 Å². The number of para-hydroxylation sites is 1. The first kappa shape index (κ1) is 16.0. The standard InChI is InChI=1S/C17H29NO/c1-4-5-6-7-8-11-15(2)18-17-13-10-9-12-16(17)14-19-3/h9-10,12-13,15,18H,4-8,11,14H2,1-3H3. The highest BCUT2D eigenvalue weighted by Gasteiger charge is 2.05. The van der Waals surface area contributed by atoms with E-state index in [4.69, 9.17) is 4.74 Å². The minimum atomic E-state index is 0.527. The van der Waals surface area contributed by atoms with Gasteiger partial charge in [-0.25, -0.2) is 0 Å². The summed E-state index contributed by atoms with van der Waals surface area (Å²) in [5.74, 6) is 0. The van der Waals surface area contributed by atoms with Crippen LogP contribution in [0.25, 0.3) is 0 Å². The molecule has 0 fully saturated rings. The third kappa shape index (κ3) is 6.63. The maximum Gasteiger partial charge on any atom is 0.0733 e. The lowest BCUT2D eigenvalue weighted by molar-refractivity contribution is 0.185. The van der Waals surface area contributed by atoms with Crippen LogP contribution in [0.4, 0.5) is 5.69 Å². The Hall–Kier alpha value is -1.02. The largest absolute Gasteiger partial charge is 0.382 e. The van der Waals surface area contributed by atoms with Crippen LogP contribution in [0.15, 0.2) is 24.3 Å². The van der Waals surface area contributed by atoms with E-state index in [1.54, 1.807) is 7.11 Å². The summed E-state index contributed by atoms with van der Waals surface area (Å²) in [6.07, 6.45) is 7.99. The van der Waals surface area contributed by atoms with E-state index in [9.17, 15) is 0 Å². The van der Waals surface area contributed by atoms with Crippen molar-refractivity contribution >= 4 is 5.69 Å². The van der Waals surface area contributed by atoms with Crippen molar-refractivity contribution in [1.82, 2.24) is 0 Å². The van der Waals surface area contributed by atoms with Gasteiger partial charge in [0.2, 0.25) is 0 Å². The Labute approximate surface area is 118 Å². The van der Waals surface area contributed by atoms with Crippen LogP contribution in [-0.4, -0.2) is 13.2 Å². The number of hydrogen-bond donors (Lipinski definition) is 1. The molecule has 0 saturated carbocycles. The molecular weight excluding hydrogens is 234 g/mol. The van der Waals surface area contributed by atoms with Gasteiger partial charge in [-0.1, -0.05) is 57.2 Å². The quantitative estimate of drug-likeness (QED) is 0.600. The molecule has 19 heavy (non-hydrogen) atoms. The topological polar surface area (TPSA) is 21.3 Å². The van der Waals surface area contributed by atoms with Crippen molar-refractivity contribution in [2.24, 2.45) is 0 Å². The molecule has 108 valence electrons. The van der Waals surface area contributed by atoms with Gasteiger partial charge in [0, 0.05) is 24.4 Å². The molecule has 0 heterocycles. The molecule has 0 spiro atoms. The number of nitrogens with one attached hydrogen (secondary N) is 1. The minimum Gasteiger partial charge on any atom is -0.382 e. The first-order valence-corrected chi connectivity index (χ1v) is 7.61. The van der Waals surface area contributed by atoms with E-state index in [0.717, 1.165) is 0 Å². The number of unbranched alkanes of at least 4 members (excludes halogenated alkanes) is 4. The van der Waals surface area contributed by atoms with Crippen molar-refractivity contribution in [2.45, 2.75) is 65.0 Å². The van der Waals surface area contributed by atoms with Crippen LogP contribution in [-0.2, 0) is 11.3 Å². The summed E-state index contributed by atoms with van der Waals surface area (Å²) in [5.41, 5.74) is 2.45. The third-order valence-electron chi connectivity index (χ3n) is 3.46. The lowest BCUT2D eigenvalue weighted by atomic mass is 10.1. The summed E-state index contributed by atoms with van der Waals surface area (Å²) < 4.78 is 5.24. The molecule has 0 saturated heterocycles. The third-order valence-corrected chi connectivity index (χ3v) is 3.46. The molecule has 1 atom stereocenters. The van der Waals surface area contributed by atoms with E-state index < -0.39 is 0 Å². The minimum absolute atomic E-state index is 0.527. The van der Waals surface area contributed by atoms with Gasteiger partial charge in [-0.05, 0) is 19.4 Å². The van der Waals surface area contributed by atoms with E-state index in [-0.39, 0.29) is 0 Å². The molecular formula is C17H29NO. The number of ether oxygens (including phenoxy) is 1. The van der Waals surface area contributed by atoms with Gasteiger partial charge in [-0.15, -0.1) is 0 Å². The van der Waals surface area contributed by atoms with Crippen molar-refractivity contribution < 1.29 is 4.74 Å². The number of methoxy groups -OCH3 is 1. The molecule has 1 aromatic rings. The van der Waals surface area contributed by atoms with Gasteiger partial charge in [-0.2, -0.15) is 0 Å². The van der Waals surface area contributed by atoms with Gasteiger partial charge < -0.3 is 10.1 Å². The zero-order valence-corrected chi connectivity index (χ0v) is 12.7. The van der Waals surface area contributed by atoms with E-state index >= 15 is 0 Å². The van der Waals surface area contributed by atoms with Crippen molar-refractivity contribution in [2.75, 3.05) is 12.4 Å². The Morgan fingerprint density at radius 2 is 1.84 bits per heavy atom. The molecule has 0 aliphatic heterocycles. The predicted molar refractivity (Wildman–Crippen MR) is 83.6 cm³/mol. The Morgan fingerprint density at radius 1 is 1.11 bits per heavy atom. The van der Waals surface area contributed by atoms with E-state index in [2.05, 4.69) is 43.4 Å². The normalized spacial score (nSPS) is 12.4. The second-order valence-corrected chi connectivity index (χ2v) is 5.34. The molecule has 0 aliphatic rings. The zero-order valence-electron chi connectivity index (χ0n) is 12.7. The summed E-state index contributed by atoms with van der Waals surface area (Å²) in [6, 6.07) is 8.94. The smallest absolute Gasteiger partial charge is 0.0733 e. The highest BCUT2D eigenvalue weighted by Crippen LogP contribution is 2.18.